The summed E-state index contributed by atoms with van der Waals surface area (Å²) in [4.78, 5) is 5.45. The average molecular weight is 260 g/mol. The lowest BCUT2D eigenvalue weighted by Gasteiger charge is -2.08. The standard InChI is InChI=1S/C14H16N2OS/c1-10(15)11-7-8-14(16-9-11)18-13-6-4-3-5-12(13)17-2/h3-10H,15H2,1-2H3/t10-/m0/s1. The van der Waals surface area contributed by atoms with Crippen LogP contribution in [-0.2, 0) is 0 Å². The number of aromatic nitrogens is 1. The lowest BCUT2D eigenvalue weighted by Crippen LogP contribution is -2.04. The lowest BCUT2D eigenvalue weighted by molar-refractivity contribution is 0.405. The third kappa shape index (κ3) is 3.03. The first-order chi connectivity index (χ1) is 8.70. The van der Waals surface area contributed by atoms with Crippen LogP contribution in [0.2, 0.25) is 0 Å². The molecule has 0 fully saturated rings. The fourth-order valence-corrected chi connectivity index (χ4v) is 2.40. The van der Waals surface area contributed by atoms with E-state index in [1.54, 1.807) is 18.9 Å². The monoisotopic (exact) mass is 260 g/mol. The summed E-state index contributed by atoms with van der Waals surface area (Å²) < 4.78 is 5.31. The van der Waals surface area contributed by atoms with Crippen LogP contribution in [0.3, 0.4) is 0 Å². The van der Waals surface area contributed by atoms with Gasteiger partial charge in [0, 0.05) is 12.2 Å². The fraction of sp³-hybridized carbons (Fsp3) is 0.214. The first kappa shape index (κ1) is 12.9. The van der Waals surface area contributed by atoms with E-state index in [0.29, 0.717) is 0 Å². The highest BCUT2D eigenvalue weighted by molar-refractivity contribution is 7.99. The van der Waals surface area contributed by atoms with Gasteiger partial charge < -0.3 is 10.5 Å². The number of nitrogens with zero attached hydrogens (tertiary/aromatic N) is 1. The zero-order chi connectivity index (χ0) is 13.0. The second-order valence-electron chi connectivity index (χ2n) is 3.97. The highest BCUT2D eigenvalue weighted by atomic mass is 32.2. The molecule has 0 unspecified atom stereocenters. The zero-order valence-corrected chi connectivity index (χ0v) is 11.3. The Morgan fingerprint density at radius 3 is 2.61 bits per heavy atom. The van der Waals surface area contributed by atoms with Gasteiger partial charge in [0.2, 0.25) is 0 Å². The van der Waals surface area contributed by atoms with Crippen LogP contribution < -0.4 is 10.5 Å². The summed E-state index contributed by atoms with van der Waals surface area (Å²) >= 11 is 1.58. The lowest BCUT2D eigenvalue weighted by atomic mass is 10.2. The van der Waals surface area contributed by atoms with E-state index in [1.165, 1.54) is 0 Å². The molecule has 0 aliphatic heterocycles. The van der Waals surface area contributed by atoms with E-state index in [2.05, 4.69) is 4.98 Å². The molecule has 2 N–H and O–H groups in total. The van der Waals surface area contributed by atoms with E-state index in [9.17, 15) is 0 Å². The molecule has 0 saturated carbocycles. The summed E-state index contributed by atoms with van der Waals surface area (Å²) in [5.74, 6) is 0.862. The Kier molecular flexibility index (Phi) is 4.23. The molecule has 94 valence electrons. The van der Waals surface area contributed by atoms with Crippen molar-refractivity contribution in [3.05, 3.63) is 48.2 Å². The van der Waals surface area contributed by atoms with Crippen molar-refractivity contribution < 1.29 is 4.74 Å². The van der Waals surface area contributed by atoms with Crippen LogP contribution >= 0.6 is 11.8 Å². The van der Waals surface area contributed by atoms with Gasteiger partial charge >= 0.3 is 0 Å². The Hall–Kier alpha value is -1.52. The molecule has 1 atom stereocenters. The van der Waals surface area contributed by atoms with Gasteiger partial charge in [0.15, 0.2) is 0 Å². The summed E-state index contributed by atoms with van der Waals surface area (Å²) in [6, 6.07) is 11.9. The molecule has 2 aromatic rings. The highest BCUT2D eigenvalue weighted by Gasteiger charge is 2.06. The van der Waals surface area contributed by atoms with Crippen molar-refractivity contribution in [3.8, 4) is 5.75 Å². The minimum Gasteiger partial charge on any atom is -0.496 e. The fourth-order valence-electron chi connectivity index (χ4n) is 1.54. The third-order valence-corrected chi connectivity index (χ3v) is 3.58. The van der Waals surface area contributed by atoms with Gasteiger partial charge in [-0.25, -0.2) is 4.98 Å². The molecule has 1 heterocycles. The number of benzene rings is 1. The first-order valence-electron chi connectivity index (χ1n) is 5.73. The van der Waals surface area contributed by atoms with Crippen molar-refractivity contribution in [2.24, 2.45) is 5.73 Å². The van der Waals surface area contributed by atoms with Crippen LogP contribution in [0.15, 0.2) is 52.5 Å². The minimum absolute atomic E-state index is 0.0165. The Morgan fingerprint density at radius 1 is 1.22 bits per heavy atom. The Bertz CT molecular complexity index is 511. The van der Waals surface area contributed by atoms with Crippen molar-refractivity contribution >= 4 is 11.8 Å². The van der Waals surface area contributed by atoms with Gasteiger partial charge in [-0.15, -0.1) is 0 Å². The van der Waals surface area contributed by atoms with Gasteiger partial charge in [-0.05, 0) is 30.7 Å². The molecule has 3 nitrogen and oxygen atoms in total. The molecule has 1 aromatic carbocycles. The Balaban J connectivity index is 2.18. The molecule has 0 saturated heterocycles. The van der Waals surface area contributed by atoms with Crippen molar-refractivity contribution in [1.29, 1.82) is 0 Å². The molecule has 0 radical (unpaired) electrons. The van der Waals surface area contributed by atoms with Crippen molar-refractivity contribution in [1.82, 2.24) is 4.98 Å². The minimum atomic E-state index is 0.0165. The van der Waals surface area contributed by atoms with Crippen LogP contribution in [0, 0.1) is 0 Å². The van der Waals surface area contributed by atoms with Crippen LogP contribution in [0.4, 0.5) is 0 Å². The number of ether oxygens (including phenoxy) is 1. The molecule has 0 amide bonds. The summed E-state index contributed by atoms with van der Waals surface area (Å²) in [5.41, 5.74) is 6.84. The molecule has 0 aliphatic rings. The topological polar surface area (TPSA) is 48.1 Å². The van der Waals surface area contributed by atoms with Crippen LogP contribution in [0.25, 0.3) is 0 Å². The number of nitrogens with two attached hydrogens (primary N) is 1. The summed E-state index contributed by atoms with van der Waals surface area (Å²) in [7, 11) is 1.67. The molecule has 18 heavy (non-hydrogen) atoms. The predicted molar refractivity (Wildman–Crippen MR) is 74.0 cm³/mol. The number of rotatable bonds is 4. The number of para-hydroxylation sites is 1. The summed E-state index contributed by atoms with van der Waals surface area (Å²) in [6.45, 7) is 1.95. The number of hydrogen-bond acceptors (Lipinski definition) is 4. The second kappa shape index (κ2) is 5.89. The van der Waals surface area contributed by atoms with Crippen LogP contribution in [0.1, 0.15) is 18.5 Å². The SMILES string of the molecule is COc1ccccc1Sc1ccc([C@H](C)N)cn1. The maximum absolute atomic E-state index is 5.80. The van der Waals surface area contributed by atoms with E-state index in [1.807, 2.05) is 49.5 Å². The van der Waals surface area contributed by atoms with Gasteiger partial charge in [0.05, 0.1) is 12.0 Å². The van der Waals surface area contributed by atoms with E-state index in [-0.39, 0.29) is 6.04 Å². The van der Waals surface area contributed by atoms with E-state index in [4.69, 9.17) is 10.5 Å². The highest BCUT2D eigenvalue weighted by Crippen LogP contribution is 2.33. The van der Waals surface area contributed by atoms with Crippen molar-refractivity contribution in [2.45, 2.75) is 22.9 Å². The number of methoxy groups -OCH3 is 1. The van der Waals surface area contributed by atoms with Gasteiger partial charge in [-0.3, -0.25) is 0 Å². The molecule has 0 spiro atoms. The summed E-state index contributed by atoms with van der Waals surface area (Å²) in [5, 5.41) is 0.934. The zero-order valence-electron chi connectivity index (χ0n) is 10.5. The largest absolute Gasteiger partial charge is 0.496 e. The van der Waals surface area contributed by atoms with Gasteiger partial charge in [-0.2, -0.15) is 0 Å². The molecular formula is C14H16N2OS. The molecule has 0 bridgehead atoms. The molecule has 0 aliphatic carbocycles. The quantitative estimate of drug-likeness (QED) is 0.916. The Morgan fingerprint density at radius 2 is 2.00 bits per heavy atom. The van der Waals surface area contributed by atoms with Crippen LogP contribution in [-0.4, -0.2) is 12.1 Å². The van der Waals surface area contributed by atoms with Crippen molar-refractivity contribution in [3.63, 3.8) is 0 Å². The van der Waals surface area contributed by atoms with Gasteiger partial charge in [-0.1, -0.05) is 30.0 Å². The predicted octanol–water partition coefficient (Wildman–Crippen LogP) is 3.26. The third-order valence-electron chi connectivity index (χ3n) is 2.57. The molecule has 1 aromatic heterocycles. The van der Waals surface area contributed by atoms with Gasteiger partial charge in [0.25, 0.3) is 0 Å². The number of hydrogen-bond donors (Lipinski definition) is 1. The smallest absolute Gasteiger partial charge is 0.132 e. The van der Waals surface area contributed by atoms with Crippen LogP contribution in [0.5, 0.6) is 5.75 Å². The van der Waals surface area contributed by atoms with E-state index >= 15 is 0 Å². The van der Waals surface area contributed by atoms with Gasteiger partial charge in [0.1, 0.15) is 10.8 Å². The average Bonchev–Trinajstić information content (AvgIpc) is 2.40. The second-order valence-corrected chi connectivity index (χ2v) is 5.03. The van der Waals surface area contributed by atoms with E-state index < -0.39 is 0 Å². The maximum Gasteiger partial charge on any atom is 0.132 e. The molecule has 4 heteroatoms. The number of pyridine rings is 1. The molecular weight excluding hydrogens is 244 g/mol. The van der Waals surface area contributed by atoms with Crippen molar-refractivity contribution in [2.75, 3.05) is 7.11 Å². The normalized spacial score (nSPS) is 12.2. The summed E-state index contributed by atoms with van der Waals surface area (Å²) in [6.07, 6.45) is 1.82. The Labute approximate surface area is 111 Å². The maximum atomic E-state index is 5.80. The first-order valence-corrected chi connectivity index (χ1v) is 6.54. The van der Waals surface area contributed by atoms with E-state index in [0.717, 1.165) is 21.2 Å². The molecule has 2 rings (SSSR count).